The molecule has 20 heavy (non-hydrogen) atoms. The molecule has 2 aliphatic rings. The highest BCUT2D eigenvalue weighted by Gasteiger charge is 2.16. The van der Waals surface area contributed by atoms with Crippen LogP contribution < -0.4 is 0 Å². The molecular formula is C17H26N2O. The van der Waals surface area contributed by atoms with Gasteiger partial charge in [-0.05, 0) is 38.2 Å². The van der Waals surface area contributed by atoms with Crippen molar-refractivity contribution in [2.24, 2.45) is 0 Å². The van der Waals surface area contributed by atoms with Gasteiger partial charge in [-0.1, -0.05) is 37.3 Å². The van der Waals surface area contributed by atoms with Crippen LogP contribution in [0.25, 0.3) is 0 Å². The van der Waals surface area contributed by atoms with Gasteiger partial charge in [0.25, 0.3) is 0 Å². The van der Waals surface area contributed by atoms with Crippen molar-refractivity contribution >= 4 is 0 Å². The number of rotatable bonds is 3. The van der Waals surface area contributed by atoms with Crippen molar-refractivity contribution in [2.75, 3.05) is 0 Å². The van der Waals surface area contributed by atoms with Gasteiger partial charge in [-0.15, -0.1) is 0 Å². The van der Waals surface area contributed by atoms with Crippen molar-refractivity contribution in [2.45, 2.75) is 76.4 Å². The number of hydrogen-bond acceptors (Lipinski definition) is 2. The van der Waals surface area contributed by atoms with Crippen molar-refractivity contribution in [1.29, 1.82) is 0 Å². The lowest BCUT2D eigenvalue weighted by Crippen LogP contribution is -2.13. The maximum atomic E-state index is 9.84. The molecule has 0 aromatic carbocycles. The lowest BCUT2D eigenvalue weighted by molar-refractivity contribution is 0.211. The summed E-state index contributed by atoms with van der Waals surface area (Å²) in [4.78, 5) is 0. The molecule has 0 aliphatic heterocycles. The van der Waals surface area contributed by atoms with Crippen LogP contribution in [-0.2, 0) is 6.42 Å². The molecule has 3 heteroatoms. The number of hydrogen-bond donors (Lipinski definition) is 1. The minimum absolute atomic E-state index is 0.243. The number of aromatic nitrogens is 2. The molecule has 1 atom stereocenters. The predicted octanol–water partition coefficient (Wildman–Crippen LogP) is 3.79. The zero-order valence-electron chi connectivity index (χ0n) is 12.3. The standard InChI is InChI=1S/C17H26N2O/c20-17-9-5-4-6-14(13-17)12-15-10-11-19(18-15)16-7-2-1-3-8-16/h10-11,13,16-17,20H,1-9,12H2. The first-order valence-corrected chi connectivity index (χ1v) is 8.23. The van der Waals surface area contributed by atoms with Gasteiger partial charge in [0, 0.05) is 12.6 Å². The summed E-state index contributed by atoms with van der Waals surface area (Å²) in [5, 5.41) is 14.6. The molecule has 0 amide bonds. The summed E-state index contributed by atoms with van der Waals surface area (Å²) in [5.41, 5.74) is 2.53. The molecule has 0 spiro atoms. The Morgan fingerprint density at radius 2 is 1.90 bits per heavy atom. The molecule has 1 N–H and O–H groups in total. The van der Waals surface area contributed by atoms with Gasteiger partial charge >= 0.3 is 0 Å². The van der Waals surface area contributed by atoms with Gasteiger partial charge in [0.2, 0.25) is 0 Å². The fourth-order valence-corrected chi connectivity index (χ4v) is 3.54. The van der Waals surface area contributed by atoms with Crippen LogP contribution in [0.2, 0.25) is 0 Å². The molecule has 0 radical (unpaired) electrons. The summed E-state index contributed by atoms with van der Waals surface area (Å²) in [5.74, 6) is 0. The Balaban J connectivity index is 1.64. The van der Waals surface area contributed by atoms with Crippen LogP contribution in [0.3, 0.4) is 0 Å². The van der Waals surface area contributed by atoms with Crippen LogP contribution in [0.5, 0.6) is 0 Å². The van der Waals surface area contributed by atoms with Gasteiger partial charge in [-0.2, -0.15) is 5.10 Å². The first-order valence-electron chi connectivity index (χ1n) is 8.23. The first kappa shape index (κ1) is 13.9. The SMILES string of the molecule is OC1C=C(Cc2ccn(C3CCCCC3)n2)CCCC1. The van der Waals surface area contributed by atoms with Crippen LogP contribution in [0.4, 0.5) is 0 Å². The van der Waals surface area contributed by atoms with Crippen LogP contribution in [-0.4, -0.2) is 21.0 Å². The third-order valence-corrected chi connectivity index (χ3v) is 4.70. The quantitative estimate of drug-likeness (QED) is 0.852. The van der Waals surface area contributed by atoms with Gasteiger partial charge in [-0.3, -0.25) is 4.68 Å². The summed E-state index contributed by atoms with van der Waals surface area (Å²) < 4.78 is 2.18. The van der Waals surface area contributed by atoms with Gasteiger partial charge in [-0.25, -0.2) is 0 Å². The van der Waals surface area contributed by atoms with Crippen molar-refractivity contribution in [3.05, 3.63) is 29.6 Å². The first-order chi connectivity index (χ1) is 9.81. The normalized spacial score (nSPS) is 25.2. The molecule has 0 saturated heterocycles. The Morgan fingerprint density at radius 3 is 2.75 bits per heavy atom. The summed E-state index contributed by atoms with van der Waals surface area (Å²) >= 11 is 0. The van der Waals surface area contributed by atoms with E-state index in [0.29, 0.717) is 6.04 Å². The topological polar surface area (TPSA) is 38.0 Å². The molecule has 2 aliphatic carbocycles. The Labute approximate surface area is 121 Å². The van der Waals surface area contributed by atoms with Gasteiger partial charge in [0.15, 0.2) is 0 Å². The molecule has 1 heterocycles. The van der Waals surface area contributed by atoms with E-state index in [4.69, 9.17) is 5.10 Å². The number of aliphatic hydroxyl groups is 1. The van der Waals surface area contributed by atoms with E-state index in [1.165, 1.54) is 44.1 Å². The number of allylic oxidation sites excluding steroid dienone is 1. The Bertz CT molecular complexity index is 457. The van der Waals surface area contributed by atoms with E-state index in [0.717, 1.165) is 31.4 Å². The smallest absolute Gasteiger partial charge is 0.0723 e. The molecule has 1 fully saturated rings. The van der Waals surface area contributed by atoms with Crippen molar-refractivity contribution in [3.63, 3.8) is 0 Å². The van der Waals surface area contributed by atoms with E-state index in [-0.39, 0.29) is 6.10 Å². The van der Waals surface area contributed by atoms with E-state index in [1.807, 2.05) is 0 Å². The van der Waals surface area contributed by atoms with Gasteiger partial charge in [0.05, 0.1) is 17.8 Å². The van der Waals surface area contributed by atoms with Crippen molar-refractivity contribution in [3.8, 4) is 0 Å². The van der Waals surface area contributed by atoms with Gasteiger partial charge < -0.3 is 5.11 Å². The van der Waals surface area contributed by atoms with E-state index in [9.17, 15) is 5.11 Å². The number of aliphatic hydroxyl groups excluding tert-OH is 1. The second-order valence-electron chi connectivity index (χ2n) is 6.39. The zero-order chi connectivity index (χ0) is 13.8. The third kappa shape index (κ3) is 3.51. The Hall–Kier alpha value is -1.09. The van der Waals surface area contributed by atoms with Crippen LogP contribution >= 0.6 is 0 Å². The summed E-state index contributed by atoms with van der Waals surface area (Å²) in [6, 6.07) is 2.78. The number of nitrogens with zero attached hydrogens (tertiary/aromatic N) is 2. The minimum atomic E-state index is -0.243. The zero-order valence-corrected chi connectivity index (χ0v) is 12.3. The molecule has 1 aromatic heterocycles. The lowest BCUT2D eigenvalue weighted by atomic mass is 9.96. The average Bonchev–Trinajstić information content (AvgIpc) is 2.83. The second-order valence-corrected chi connectivity index (χ2v) is 6.39. The fraction of sp³-hybridized carbons (Fsp3) is 0.706. The maximum absolute atomic E-state index is 9.84. The monoisotopic (exact) mass is 274 g/mol. The molecular weight excluding hydrogens is 248 g/mol. The van der Waals surface area contributed by atoms with Gasteiger partial charge in [0.1, 0.15) is 0 Å². The fourth-order valence-electron chi connectivity index (χ4n) is 3.54. The molecule has 1 saturated carbocycles. The highest BCUT2D eigenvalue weighted by Crippen LogP contribution is 2.28. The highest BCUT2D eigenvalue weighted by atomic mass is 16.3. The van der Waals surface area contributed by atoms with E-state index < -0.39 is 0 Å². The van der Waals surface area contributed by atoms with E-state index in [2.05, 4.69) is 23.0 Å². The van der Waals surface area contributed by atoms with Crippen molar-refractivity contribution < 1.29 is 5.11 Å². The largest absolute Gasteiger partial charge is 0.389 e. The molecule has 110 valence electrons. The second kappa shape index (κ2) is 6.57. The summed E-state index contributed by atoms with van der Waals surface area (Å²) in [7, 11) is 0. The maximum Gasteiger partial charge on any atom is 0.0723 e. The molecule has 3 nitrogen and oxygen atoms in total. The van der Waals surface area contributed by atoms with E-state index in [1.54, 1.807) is 0 Å². The average molecular weight is 274 g/mol. The molecule has 0 bridgehead atoms. The lowest BCUT2D eigenvalue weighted by Gasteiger charge is -2.21. The molecule has 1 unspecified atom stereocenters. The highest BCUT2D eigenvalue weighted by molar-refractivity contribution is 5.16. The van der Waals surface area contributed by atoms with Crippen LogP contribution in [0.1, 0.15) is 69.5 Å². The summed E-state index contributed by atoms with van der Waals surface area (Å²) in [6.45, 7) is 0. The van der Waals surface area contributed by atoms with Crippen LogP contribution in [0.15, 0.2) is 23.9 Å². The Kier molecular flexibility index (Phi) is 4.56. The summed E-state index contributed by atoms with van der Waals surface area (Å²) in [6.07, 6.45) is 15.9. The molecule has 1 aromatic rings. The minimum Gasteiger partial charge on any atom is -0.389 e. The third-order valence-electron chi connectivity index (χ3n) is 4.70. The van der Waals surface area contributed by atoms with E-state index >= 15 is 0 Å². The van der Waals surface area contributed by atoms with Crippen molar-refractivity contribution in [1.82, 2.24) is 9.78 Å². The Morgan fingerprint density at radius 1 is 1.10 bits per heavy atom. The predicted molar refractivity (Wildman–Crippen MR) is 80.6 cm³/mol. The van der Waals surface area contributed by atoms with Crippen LogP contribution in [0, 0.1) is 0 Å². The molecule has 3 rings (SSSR count).